The first-order valence-electron chi connectivity index (χ1n) is 28.0. The molecule has 4 fully saturated rings. The van der Waals surface area contributed by atoms with E-state index in [0.29, 0.717) is 15.7 Å². The average molecular weight is 1390 g/mol. The highest BCUT2D eigenvalue weighted by molar-refractivity contribution is 14.1. The summed E-state index contributed by atoms with van der Waals surface area (Å²) in [5, 5.41) is 72.5. The minimum absolute atomic E-state index is 0.0188. The second-order valence-electron chi connectivity index (χ2n) is 21.5. The summed E-state index contributed by atoms with van der Waals surface area (Å²) in [6.45, 7) is 12.8. The zero-order valence-electron chi connectivity index (χ0n) is 50.2. The number of rotatable bonds is 22. The molecule has 0 unspecified atom stereocenters. The number of alkyl carbamates (subject to hydrolysis) is 1. The summed E-state index contributed by atoms with van der Waals surface area (Å²) in [6.07, 6.45) is -14.4. The van der Waals surface area contributed by atoms with Gasteiger partial charge in [0.25, 0.3) is 0 Å². The number of likely N-dealkylation sites (N-methyl/N-ethyl adjacent to an activating group) is 1. The number of hydrogen-bond acceptors (Lipinski definition) is 27. The van der Waals surface area contributed by atoms with Crippen LogP contribution in [0.4, 0.5) is 4.79 Å². The Balaban J connectivity index is 1.13. The zero-order chi connectivity index (χ0) is 63.7. The molecule has 2 aliphatic carbocycles. The highest BCUT2D eigenvalue weighted by Crippen LogP contribution is 2.49. The van der Waals surface area contributed by atoms with Gasteiger partial charge in [-0.1, -0.05) is 70.0 Å². The minimum atomic E-state index is -2.13. The molecule has 1 aromatic carbocycles. The topological polar surface area (TPSA) is 332 Å². The highest BCUT2D eigenvalue weighted by Gasteiger charge is 2.52. The van der Waals surface area contributed by atoms with Gasteiger partial charge in [-0.05, 0) is 88.4 Å². The molecule has 0 radical (unpaired) electrons. The summed E-state index contributed by atoms with van der Waals surface area (Å²) < 4.78 is 71.8. The molecule has 480 valence electrons. The first kappa shape index (κ1) is 70.7. The smallest absolute Gasteiger partial charge is 0.411 e. The number of fused-ring (bicyclic) bond motifs is 2. The average Bonchev–Trinajstić information content (AvgIpc) is 0.827. The quantitative estimate of drug-likeness (QED) is 0.0272. The van der Waals surface area contributed by atoms with Crippen LogP contribution in [-0.2, 0) is 52.3 Å². The van der Waals surface area contributed by atoms with Crippen molar-refractivity contribution in [2.75, 3.05) is 54.5 Å². The van der Waals surface area contributed by atoms with Crippen LogP contribution in [0.25, 0.3) is 0 Å². The molecule has 7 rings (SSSR count). The number of halogens is 1. The third-order valence-electron chi connectivity index (χ3n) is 15.2. The molecule has 87 heavy (non-hydrogen) atoms. The van der Waals surface area contributed by atoms with Crippen LogP contribution >= 0.6 is 55.9 Å². The lowest BCUT2D eigenvalue weighted by Crippen LogP contribution is -2.65. The Bertz CT molecular complexity index is 2900. The number of allylic oxidation sites excluding steroid dienone is 3. The molecule has 2 bridgehead atoms. The van der Waals surface area contributed by atoms with E-state index in [1.54, 1.807) is 54.7 Å². The van der Waals surface area contributed by atoms with Crippen LogP contribution in [0, 0.1) is 45.5 Å². The van der Waals surface area contributed by atoms with E-state index < -0.39 is 131 Å². The van der Waals surface area contributed by atoms with E-state index in [2.05, 4.69) is 45.9 Å². The molecule has 8 N–H and O–H groups in total. The van der Waals surface area contributed by atoms with Crippen molar-refractivity contribution in [1.82, 2.24) is 16.1 Å². The van der Waals surface area contributed by atoms with Crippen molar-refractivity contribution < 1.29 is 102 Å². The molecule has 0 aromatic heterocycles. The van der Waals surface area contributed by atoms with E-state index in [0.717, 1.165) is 18.9 Å². The fourth-order valence-corrected chi connectivity index (χ4v) is 14.4. The van der Waals surface area contributed by atoms with Gasteiger partial charge in [0.05, 0.1) is 103 Å². The molecule has 1 aromatic rings. The van der Waals surface area contributed by atoms with Crippen LogP contribution in [0.15, 0.2) is 35.1 Å². The van der Waals surface area contributed by atoms with E-state index in [4.69, 9.17) is 61.7 Å². The van der Waals surface area contributed by atoms with Gasteiger partial charge in [-0.25, -0.2) is 4.79 Å². The van der Waals surface area contributed by atoms with Crippen molar-refractivity contribution in [2.24, 2.45) is 0 Å². The fraction of sp³-hybridized carbons (Fsp3) is 0.655. The van der Waals surface area contributed by atoms with Crippen molar-refractivity contribution in [3.63, 3.8) is 0 Å². The minimum Gasteiger partial charge on any atom is -0.492 e. The molecule has 19 atom stereocenters. The molecule has 29 heteroatoms. The number of nitrogens with one attached hydrogen (secondary N) is 3. The van der Waals surface area contributed by atoms with Crippen LogP contribution in [0.2, 0.25) is 0 Å². The first-order valence-corrected chi connectivity index (χ1v) is 32.3. The maximum atomic E-state index is 14.5. The Hall–Kier alpha value is -3.80. The Morgan fingerprint density at radius 2 is 1.62 bits per heavy atom. The Morgan fingerprint density at radius 1 is 0.908 bits per heavy atom. The normalized spacial score (nSPS) is 35.2. The number of hydrogen-bond donors (Lipinski definition) is 8. The zero-order valence-corrected chi connectivity index (χ0v) is 54.8. The number of methoxy groups -OCH3 is 5. The maximum absolute atomic E-state index is 14.5. The number of amides is 1. The molecule has 25 nitrogen and oxygen atoms in total. The van der Waals surface area contributed by atoms with Gasteiger partial charge in [0, 0.05) is 44.0 Å². The molecular weight excluding hydrogens is 1310 g/mol. The molecule has 4 aliphatic heterocycles. The molecule has 6 aliphatic rings. The highest BCUT2D eigenvalue weighted by atomic mass is 127. The van der Waals surface area contributed by atoms with Gasteiger partial charge in [0.1, 0.15) is 41.4 Å². The van der Waals surface area contributed by atoms with Gasteiger partial charge in [0.2, 0.25) is 17.2 Å². The van der Waals surface area contributed by atoms with Gasteiger partial charge < -0.3 is 87.7 Å². The predicted molar refractivity (Wildman–Crippen MR) is 326 cm³/mol. The third-order valence-corrected chi connectivity index (χ3v) is 20.8. The molecule has 0 spiro atoms. The SMILES string of the molecule is CCN[C@H]1CO[C@@H](O[C@H]2[C@H](O[C@H]3C#C/C=C\C#C[C@]4(O)CC(=O)C(NC(=O)OC)=C3/C4=C\CSSC(C)(C)C#N)O[C@H](C)[C@@H](NO[C@H]3C[C@H](O)[C@H](SC(=O)c4c(C)c(I)c(O[C@@H]5O[C@@H](C)[C@H](O)[C@@H](OC)[C@H]5O)c(OC)c4OC)[C@@H](C)O3)[C@@H]2O)C[C@@H]1OC. The van der Waals surface area contributed by atoms with E-state index in [1.165, 1.54) is 55.1 Å². The summed E-state index contributed by atoms with van der Waals surface area (Å²) >= 11 is 2.81. The summed E-state index contributed by atoms with van der Waals surface area (Å²) in [4.78, 5) is 47.7. The van der Waals surface area contributed by atoms with E-state index in [-0.39, 0.29) is 77.0 Å². The van der Waals surface area contributed by atoms with Crippen LogP contribution in [-0.4, -0.2) is 217 Å². The maximum Gasteiger partial charge on any atom is 0.411 e. The van der Waals surface area contributed by atoms with Gasteiger partial charge in [-0.3, -0.25) is 19.7 Å². The van der Waals surface area contributed by atoms with Crippen LogP contribution in [0.5, 0.6) is 17.2 Å². The number of aliphatic hydroxyl groups excluding tert-OH is 4. The molecule has 4 heterocycles. The van der Waals surface area contributed by atoms with Crippen LogP contribution in [0.1, 0.15) is 76.7 Å². The number of Topliss-reactive ketones (excluding diaryl/α,β-unsaturated/α-hetero) is 1. The Kier molecular flexibility index (Phi) is 25.6. The standard InChI is InChI=1S/C58H77IN4O21S3/c1-13-61-32-25-77-37(23-36(32)72-8)82-50-45(67)42(28(3)79-55(50)81-35-18-16-14-15-17-20-58(71)24-34(65)43(62-56(70)76-12)40(35)31(58)19-21-85-87-57(6,7)26-60)63-84-38-22-33(64)52(30(5)78-38)86-53(69)39-27(2)41(59)48(51(75-11)47(39)73-9)83-54-46(68)49(74-10)44(66)29(4)80-54/h14-15,19,28-30,32-33,35-38,42,44-46,49-50,52,54-55,61,63-64,66-68,71H,13,21-25H2,1-12H3,(H,62,70)/b15-14-,31-19+/t28-,29+,30-,32+,33+,35+,36+,37+,38+,42-,44+,45+,46-,49-,50-,52-,54+,55+,58+/m1/s1. The van der Waals surface area contributed by atoms with E-state index in [1.807, 2.05) is 29.5 Å². The number of aliphatic hydroxyl groups is 5. The lowest BCUT2D eigenvalue weighted by molar-refractivity contribution is -0.336. The van der Waals surface area contributed by atoms with E-state index in [9.17, 15) is 45.2 Å². The van der Waals surface area contributed by atoms with Gasteiger partial charge >= 0.3 is 6.09 Å². The van der Waals surface area contributed by atoms with Crippen molar-refractivity contribution >= 4 is 72.9 Å². The van der Waals surface area contributed by atoms with Crippen molar-refractivity contribution in [1.29, 1.82) is 5.26 Å². The molecule has 4 saturated heterocycles. The predicted octanol–water partition coefficient (Wildman–Crippen LogP) is 3.22. The number of carbonyl (C=O) groups is 3. The Morgan fingerprint density at radius 3 is 2.28 bits per heavy atom. The number of carbonyl (C=O) groups excluding carboxylic acids is 3. The summed E-state index contributed by atoms with van der Waals surface area (Å²) in [7, 11) is 9.33. The summed E-state index contributed by atoms with van der Waals surface area (Å²) in [6, 6.07) is 0.922. The number of nitrogens with zero attached hydrogens (tertiary/aromatic N) is 1. The third kappa shape index (κ3) is 16.5. The van der Waals surface area contributed by atoms with Gasteiger partial charge in [0.15, 0.2) is 41.8 Å². The largest absolute Gasteiger partial charge is 0.492 e. The lowest BCUT2D eigenvalue weighted by Gasteiger charge is -2.46. The number of hydroxylamine groups is 1. The number of thioether (sulfide) groups is 1. The summed E-state index contributed by atoms with van der Waals surface area (Å²) in [5.74, 6) is 11.0. The van der Waals surface area contributed by atoms with Crippen LogP contribution in [0.3, 0.4) is 0 Å². The van der Waals surface area contributed by atoms with Crippen molar-refractivity contribution in [3.8, 4) is 47.0 Å². The number of nitriles is 1. The number of ether oxygens (including phenoxy) is 12. The molecule has 0 saturated carbocycles. The summed E-state index contributed by atoms with van der Waals surface area (Å²) in [5.41, 5.74) is 1.01. The number of benzene rings is 1. The van der Waals surface area contributed by atoms with Crippen molar-refractivity contribution in [2.45, 2.75) is 188 Å². The fourth-order valence-electron chi connectivity index (χ4n) is 10.6. The van der Waals surface area contributed by atoms with E-state index >= 15 is 0 Å². The van der Waals surface area contributed by atoms with Gasteiger partial charge in [-0.2, -0.15) is 10.7 Å². The Labute approximate surface area is 531 Å². The molecular formula is C58H77IN4O21S3. The monoisotopic (exact) mass is 1390 g/mol. The van der Waals surface area contributed by atoms with Gasteiger partial charge in [-0.15, -0.1) is 0 Å². The second-order valence-corrected chi connectivity index (χ2v) is 26.7. The molecule has 1 amide bonds. The number of ketones is 1. The van der Waals surface area contributed by atoms with Crippen molar-refractivity contribution in [3.05, 3.63) is 49.8 Å². The first-order chi connectivity index (χ1) is 41.4. The second kappa shape index (κ2) is 31.5. The lowest BCUT2D eigenvalue weighted by atomic mass is 9.75. The van der Waals surface area contributed by atoms with Crippen LogP contribution < -0.4 is 30.3 Å².